The van der Waals surface area contributed by atoms with Gasteiger partial charge in [-0.3, -0.25) is 14.9 Å². The predicted octanol–water partition coefficient (Wildman–Crippen LogP) is 2.56. The number of ether oxygens (including phenoxy) is 1. The maximum absolute atomic E-state index is 12.6. The minimum atomic E-state index is -0.909. The number of nitrogens with zero attached hydrogens (tertiary/aromatic N) is 2. The summed E-state index contributed by atoms with van der Waals surface area (Å²) in [6.45, 7) is 0.770. The number of nitrogens with one attached hydrogen (secondary N) is 2. The van der Waals surface area contributed by atoms with Gasteiger partial charge in [0.25, 0.3) is 5.91 Å². The standard InChI is InChI=1S/C24H22N4O4/c1-28-13-25-11-16(28)9-20(24(30)31)26-10-14-6-7-17-15(8-14)12-32-22(17)21-18-4-2-3-5-19(18)27-23(21)29/h2-8,11,13,20,26H,9-10,12H2,1H3,(H,27,29)(H,30,31)/b22-21+/t20-/m0/s1. The Bertz CT molecular complexity index is 1260. The Balaban J connectivity index is 1.36. The molecule has 5 rings (SSSR count). The number of hydrogen-bond donors (Lipinski definition) is 3. The highest BCUT2D eigenvalue weighted by Gasteiger charge is 2.32. The van der Waals surface area contributed by atoms with Crippen molar-refractivity contribution in [1.29, 1.82) is 0 Å². The van der Waals surface area contributed by atoms with Crippen molar-refractivity contribution >= 4 is 28.9 Å². The van der Waals surface area contributed by atoms with Gasteiger partial charge in [0.05, 0.1) is 11.9 Å². The number of aromatic nitrogens is 2. The molecule has 0 radical (unpaired) electrons. The van der Waals surface area contributed by atoms with Crippen LogP contribution in [0.25, 0.3) is 11.3 Å². The van der Waals surface area contributed by atoms with Crippen molar-refractivity contribution in [1.82, 2.24) is 14.9 Å². The van der Waals surface area contributed by atoms with E-state index in [-0.39, 0.29) is 5.91 Å². The van der Waals surface area contributed by atoms with Gasteiger partial charge in [0, 0.05) is 54.3 Å². The molecule has 3 heterocycles. The molecule has 162 valence electrons. The van der Waals surface area contributed by atoms with Gasteiger partial charge in [-0.15, -0.1) is 0 Å². The Morgan fingerprint density at radius 1 is 1.28 bits per heavy atom. The van der Waals surface area contributed by atoms with Crippen LogP contribution in [-0.4, -0.2) is 32.6 Å². The molecule has 2 aliphatic heterocycles. The largest absolute Gasteiger partial charge is 0.487 e. The van der Waals surface area contributed by atoms with Crippen molar-refractivity contribution in [3.63, 3.8) is 0 Å². The maximum Gasteiger partial charge on any atom is 0.321 e. The Hall–Kier alpha value is -3.91. The first-order chi connectivity index (χ1) is 15.5. The number of carbonyl (C=O) groups is 2. The molecule has 0 bridgehead atoms. The number of rotatable bonds is 6. The third kappa shape index (κ3) is 3.54. The Labute approximate surface area is 184 Å². The van der Waals surface area contributed by atoms with E-state index >= 15 is 0 Å². The number of carboxylic acids is 1. The lowest BCUT2D eigenvalue weighted by Gasteiger charge is -2.15. The molecule has 1 aromatic heterocycles. The number of fused-ring (bicyclic) bond motifs is 2. The van der Waals surface area contributed by atoms with Gasteiger partial charge in [0.1, 0.15) is 18.4 Å². The molecule has 1 amide bonds. The second-order valence-corrected chi connectivity index (χ2v) is 7.96. The van der Waals surface area contributed by atoms with E-state index < -0.39 is 12.0 Å². The van der Waals surface area contributed by atoms with E-state index in [4.69, 9.17) is 4.74 Å². The van der Waals surface area contributed by atoms with E-state index in [9.17, 15) is 14.7 Å². The summed E-state index contributed by atoms with van der Waals surface area (Å²) >= 11 is 0. The highest BCUT2D eigenvalue weighted by Crippen LogP contribution is 2.41. The summed E-state index contributed by atoms with van der Waals surface area (Å²) in [4.78, 5) is 28.3. The van der Waals surface area contributed by atoms with Crippen LogP contribution in [0, 0.1) is 0 Å². The van der Waals surface area contributed by atoms with Crippen LogP contribution in [0.2, 0.25) is 0 Å². The zero-order valence-electron chi connectivity index (χ0n) is 17.5. The van der Waals surface area contributed by atoms with Crippen molar-refractivity contribution < 1.29 is 19.4 Å². The van der Waals surface area contributed by atoms with Gasteiger partial charge in [-0.05, 0) is 11.6 Å². The van der Waals surface area contributed by atoms with Crippen LogP contribution in [0.5, 0.6) is 0 Å². The van der Waals surface area contributed by atoms with Crippen molar-refractivity contribution in [2.75, 3.05) is 5.32 Å². The van der Waals surface area contributed by atoms with Gasteiger partial charge in [0.15, 0.2) is 0 Å². The van der Waals surface area contributed by atoms with Crippen LogP contribution < -0.4 is 10.6 Å². The highest BCUT2D eigenvalue weighted by molar-refractivity contribution is 6.36. The highest BCUT2D eigenvalue weighted by atomic mass is 16.5. The fraction of sp³-hybridized carbons (Fsp3) is 0.208. The third-order valence-electron chi connectivity index (χ3n) is 5.87. The van der Waals surface area contributed by atoms with Gasteiger partial charge in [-0.1, -0.05) is 36.4 Å². The molecule has 0 saturated heterocycles. The minimum absolute atomic E-state index is 0.167. The maximum atomic E-state index is 12.6. The second-order valence-electron chi connectivity index (χ2n) is 7.96. The number of amides is 1. The van der Waals surface area contributed by atoms with E-state index in [2.05, 4.69) is 15.6 Å². The van der Waals surface area contributed by atoms with Crippen LogP contribution in [-0.2, 0) is 40.9 Å². The normalized spacial score (nSPS) is 17.5. The molecular formula is C24H22N4O4. The van der Waals surface area contributed by atoms with Crippen LogP contribution in [0.15, 0.2) is 55.0 Å². The van der Waals surface area contributed by atoms with E-state index in [0.29, 0.717) is 30.9 Å². The van der Waals surface area contributed by atoms with Crippen molar-refractivity contribution in [3.8, 4) is 0 Å². The number of carboxylic acid groups (broad SMARTS) is 1. The van der Waals surface area contributed by atoms with Crippen LogP contribution in [0.4, 0.5) is 5.69 Å². The van der Waals surface area contributed by atoms with E-state index in [0.717, 1.165) is 33.6 Å². The summed E-state index contributed by atoms with van der Waals surface area (Å²) in [5.74, 6) is -0.491. The average molecular weight is 430 g/mol. The van der Waals surface area contributed by atoms with Gasteiger partial charge < -0.3 is 19.7 Å². The molecule has 0 fully saturated rings. The number of hydrogen-bond acceptors (Lipinski definition) is 5. The van der Waals surface area contributed by atoms with Crippen LogP contribution in [0.3, 0.4) is 0 Å². The molecule has 32 heavy (non-hydrogen) atoms. The van der Waals surface area contributed by atoms with Gasteiger partial charge in [-0.2, -0.15) is 0 Å². The first-order valence-corrected chi connectivity index (χ1v) is 10.3. The summed E-state index contributed by atoms with van der Waals surface area (Å²) < 4.78 is 7.75. The summed E-state index contributed by atoms with van der Waals surface area (Å²) in [5.41, 5.74) is 5.83. The molecule has 2 aromatic carbocycles. The Kier molecular flexibility index (Phi) is 4.99. The zero-order valence-corrected chi connectivity index (χ0v) is 17.5. The van der Waals surface area contributed by atoms with E-state index in [1.165, 1.54) is 0 Å². The lowest BCUT2D eigenvalue weighted by molar-refractivity contribution is -0.139. The molecular weight excluding hydrogens is 408 g/mol. The lowest BCUT2D eigenvalue weighted by atomic mass is 9.99. The molecule has 8 nitrogen and oxygen atoms in total. The van der Waals surface area contributed by atoms with Crippen LogP contribution >= 0.6 is 0 Å². The first-order valence-electron chi connectivity index (χ1n) is 10.3. The van der Waals surface area contributed by atoms with E-state index in [1.807, 2.05) is 54.1 Å². The molecule has 8 heteroatoms. The molecule has 3 N–H and O–H groups in total. The Morgan fingerprint density at radius 2 is 2.12 bits per heavy atom. The number of imidazole rings is 1. The average Bonchev–Trinajstić information content (AvgIpc) is 3.46. The van der Waals surface area contributed by atoms with Crippen molar-refractivity contribution in [2.24, 2.45) is 7.05 Å². The summed E-state index contributed by atoms with van der Waals surface area (Å²) in [7, 11) is 1.84. The molecule has 0 aliphatic carbocycles. The third-order valence-corrected chi connectivity index (χ3v) is 5.87. The smallest absolute Gasteiger partial charge is 0.321 e. The molecule has 0 unspecified atom stereocenters. The number of aliphatic carboxylic acids is 1. The van der Waals surface area contributed by atoms with Gasteiger partial charge >= 0.3 is 5.97 Å². The number of para-hydroxylation sites is 1. The predicted molar refractivity (Wildman–Crippen MR) is 118 cm³/mol. The topological polar surface area (TPSA) is 105 Å². The molecule has 3 aromatic rings. The molecule has 1 atom stereocenters. The SMILES string of the molecule is Cn1cncc1C[C@H](NCc1ccc2c(c1)CO/C2=C1/C(=O)Nc2ccccc21)C(=O)O. The van der Waals surface area contributed by atoms with Gasteiger partial charge in [0.2, 0.25) is 0 Å². The zero-order chi connectivity index (χ0) is 22.2. The summed E-state index contributed by atoms with van der Waals surface area (Å²) in [6.07, 6.45) is 3.67. The monoisotopic (exact) mass is 430 g/mol. The quantitative estimate of drug-likeness (QED) is 0.519. The van der Waals surface area contributed by atoms with Crippen molar-refractivity contribution in [2.45, 2.75) is 25.6 Å². The second kappa shape index (κ2) is 7.97. The van der Waals surface area contributed by atoms with Gasteiger partial charge in [-0.25, -0.2) is 4.98 Å². The molecule has 0 saturated carbocycles. The molecule has 2 aliphatic rings. The summed E-state index contributed by atoms with van der Waals surface area (Å²) in [5, 5.41) is 15.6. The first kappa shape index (κ1) is 20.0. The number of carbonyl (C=O) groups excluding carboxylic acids is 1. The Morgan fingerprint density at radius 3 is 2.91 bits per heavy atom. The van der Waals surface area contributed by atoms with E-state index in [1.54, 1.807) is 12.5 Å². The summed E-state index contributed by atoms with van der Waals surface area (Å²) in [6, 6.07) is 12.7. The fourth-order valence-electron chi connectivity index (χ4n) is 4.15. The number of benzene rings is 2. The van der Waals surface area contributed by atoms with Crippen LogP contribution in [0.1, 0.15) is 27.9 Å². The number of anilines is 1. The molecule has 0 spiro atoms. The minimum Gasteiger partial charge on any atom is -0.487 e. The lowest BCUT2D eigenvalue weighted by Crippen LogP contribution is -2.38. The number of aryl methyl sites for hydroxylation is 1. The van der Waals surface area contributed by atoms with Crippen molar-refractivity contribution in [3.05, 3.63) is 82.9 Å². The fourth-order valence-corrected chi connectivity index (χ4v) is 4.15.